The molecule has 140 valence electrons. The van der Waals surface area contributed by atoms with Crippen LogP contribution in [0, 0.1) is 26.2 Å². The SMILES string of the molecule is Cc1sc(-n2c(C)nnc2CCC(=O)O)c(C(=N)c2ccc(Cl)cc2)c1C. The van der Waals surface area contributed by atoms with Crippen LogP contribution in [0.4, 0.5) is 0 Å². The van der Waals surface area contributed by atoms with Crippen molar-refractivity contribution in [2.45, 2.75) is 33.6 Å². The molecule has 0 aliphatic carbocycles. The maximum absolute atomic E-state index is 11.0. The molecule has 0 fully saturated rings. The largest absolute Gasteiger partial charge is 0.481 e. The molecule has 0 atom stereocenters. The Morgan fingerprint density at radius 2 is 1.89 bits per heavy atom. The third-order valence-corrected chi connectivity index (χ3v) is 5.85. The van der Waals surface area contributed by atoms with Crippen molar-refractivity contribution in [1.29, 1.82) is 5.41 Å². The van der Waals surface area contributed by atoms with Crippen molar-refractivity contribution in [2.24, 2.45) is 0 Å². The molecule has 0 radical (unpaired) electrons. The number of nitrogens with zero attached hydrogens (tertiary/aromatic N) is 3. The number of hydrogen-bond acceptors (Lipinski definition) is 5. The minimum atomic E-state index is -0.880. The molecule has 2 aromatic heterocycles. The Labute approximate surface area is 166 Å². The van der Waals surface area contributed by atoms with E-state index in [-0.39, 0.29) is 12.8 Å². The van der Waals surface area contributed by atoms with E-state index in [0.717, 1.165) is 26.6 Å². The third-order valence-electron chi connectivity index (χ3n) is 4.41. The van der Waals surface area contributed by atoms with Gasteiger partial charge in [-0.15, -0.1) is 21.5 Å². The van der Waals surface area contributed by atoms with E-state index in [1.807, 2.05) is 37.5 Å². The lowest BCUT2D eigenvalue weighted by atomic mass is 10.00. The molecule has 3 rings (SSSR count). The standard InChI is InChI=1S/C19H19ClN4O2S/c1-10-11(2)27-19(17(10)18(21)13-4-6-14(20)7-5-13)24-12(3)22-23-15(24)8-9-16(25)26/h4-7,21H,8-9H2,1-3H3,(H,25,26). The number of carboxylic acid groups (broad SMARTS) is 1. The zero-order chi connectivity index (χ0) is 19.7. The van der Waals surface area contributed by atoms with Crippen molar-refractivity contribution >= 4 is 34.6 Å². The Bertz CT molecular complexity index is 1020. The normalized spacial score (nSPS) is 11.0. The van der Waals surface area contributed by atoms with Gasteiger partial charge in [-0.3, -0.25) is 14.8 Å². The Kier molecular flexibility index (Phi) is 5.43. The minimum Gasteiger partial charge on any atom is -0.481 e. The number of aliphatic carboxylic acids is 1. The zero-order valence-corrected chi connectivity index (χ0v) is 16.8. The molecule has 3 aromatic rings. The highest BCUT2D eigenvalue weighted by Crippen LogP contribution is 2.34. The number of aryl methyl sites for hydroxylation is 3. The molecule has 2 N–H and O–H groups in total. The maximum Gasteiger partial charge on any atom is 0.303 e. The highest BCUT2D eigenvalue weighted by molar-refractivity contribution is 7.15. The summed E-state index contributed by atoms with van der Waals surface area (Å²) in [6, 6.07) is 7.18. The maximum atomic E-state index is 11.0. The summed E-state index contributed by atoms with van der Waals surface area (Å²) in [6.45, 7) is 5.84. The number of thiophene rings is 1. The fourth-order valence-electron chi connectivity index (χ4n) is 2.87. The van der Waals surface area contributed by atoms with Crippen LogP contribution < -0.4 is 0 Å². The van der Waals surface area contributed by atoms with Gasteiger partial charge in [-0.25, -0.2) is 0 Å². The fraction of sp³-hybridized carbons (Fsp3) is 0.263. The quantitative estimate of drug-likeness (QED) is 0.600. The van der Waals surface area contributed by atoms with Crippen molar-refractivity contribution in [3.63, 3.8) is 0 Å². The Hall–Kier alpha value is -2.51. The summed E-state index contributed by atoms with van der Waals surface area (Å²) in [5, 5.41) is 27.5. The number of aromatic nitrogens is 3. The molecule has 0 unspecified atom stereocenters. The first-order chi connectivity index (χ1) is 12.8. The average molecular weight is 403 g/mol. The first kappa shape index (κ1) is 19.3. The Morgan fingerprint density at radius 1 is 1.22 bits per heavy atom. The van der Waals surface area contributed by atoms with E-state index in [1.165, 1.54) is 0 Å². The lowest BCUT2D eigenvalue weighted by Crippen LogP contribution is -2.10. The number of benzene rings is 1. The Balaban J connectivity index is 2.12. The summed E-state index contributed by atoms with van der Waals surface area (Å²) >= 11 is 7.53. The van der Waals surface area contributed by atoms with Crippen molar-refractivity contribution in [3.05, 3.63) is 62.5 Å². The van der Waals surface area contributed by atoms with Gasteiger partial charge in [-0.2, -0.15) is 0 Å². The van der Waals surface area contributed by atoms with Gasteiger partial charge in [0.25, 0.3) is 0 Å². The van der Waals surface area contributed by atoms with Crippen molar-refractivity contribution in [1.82, 2.24) is 14.8 Å². The molecule has 0 bridgehead atoms. The van der Waals surface area contributed by atoms with Gasteiger partial charge in [0.1, 0.15) is 16.6 Å². The van der Waals surface area contributed by atoms with E-state index in [2.05, 4.69) is 10.2 Å². The summed E-state index contributed by atoms with van der Waals surface area (Å²) in [4.78, 5) is 12.1. The lowest BCUT2D eigenvalue weighted by molar-refractivity contribution is -0.137. The second-order valence-electron chi connectivity index (χ2n) is 6.24. The van der Waals surface area contributed by atoms with Crippen LogP contribution in [0.2, 0.25) is 5.02 Å². The van der Waals surface area contributed by atoms with Crippen LogP contribution in [-0.2, 0) is 11.2 Å². The monoisotopic (exact) mass is 402 g/mol. The molecule has 27 heavy (non-hydrogen) atoms. The molecule has 2 heterocycles. The van der Waals surface area contributed by atoms with Gasteiger partial charge in [0.05, 0.1) is 12.1 Å². The Morgan fingerprint density at radius 3 is 2.52 bits per heavy atom. The third kappa shape index (κ3) is 3.79. The highest BCUT2D eigenvalue weighted by atomic mass is 35.5. The van der Waals surface area contributed by atoms with E-state index in [4.69, 9.17) is 22.1 Å². The van der Waals surface area contributed by atoms with E-state index in [0.29, 0.717) is 22.4 Å². The van der Waals surface area contributed by atoms with Gasteiger partial charge < -0.3 is 5.11 Å². The number of halogens is 1. The number of carboxylic acids is 1. The molecule has 0 saturated carbocycles. The first-order valence-electron chi connectivity index (χ1n) is 8.37. The average Bonchev–Trinajstić information content (AvgIpc) is 3.13. The molecule has 1 aromatic carbocycles. The molecule has 0 aliphatic heterocycles. The van der Waals surface area contributed by atoms with Crippen LogP contribution >= 0.6 is 22.9 Å². The van der Waals surface area contributed by atoms with Crippen LogP contribution in [0.3, 0.4) is 0 Å². The summed E-state index contributed by atoms with van der Waals surface area (Å²) in [5.74, 6) is 0.373. The molecular weight excluding hydrogens is 384 g/mol. The van der Waals surface area contributed by atoms with Gasteiger partial charge in [-0.05, 0) is 38.5 Å². The smallest absolute Gasteiger partial charge is 0.303 e. The van der Waals surface area contributed by atoms with Gasteiger partial charge in [0.2, 0.25) is 0 Å². The van der Waals surface area contributed by atoms with Crippen LogP contribution in [0.15, 0.2) is 24.3 Å². The van der Waals surface area contributed by atoms with Crippen LogP contribution in [0.25, 0.3) is 5.00 Å². The van der Waals surface area contributed by atoms with Crippen LogP contribution in [0.1, 0.15) is 39.6 Å². The van der Waals surface area contributed by atoms with Crippen LogP contribution in [0.5, 0.6) is 0 Å². The minimum absolute atomic E-state index is 0.0224. The molecule has 0 saturated heterocycles. The van der Waals surface area contributed by atoms with Gasteiger partial charge >= 0.3 is 5.97 Å². The second-order valence-corrected chi connectivity index (χ2v) is 7.88. The van der Waals surface area contributed by atoms with E-state index in [1.54, 1.807) is 23.5 Å². The predicted octanol–water partition coefficient (Wildman–Crippen LogP) is 4.34. The van der Waals surface area contributed by atoms with Gasteiger partial charge in [0.15, 0.2) is 0 Å². The predicted molar refractivity (Wildman–Crippen MR) is 107 cm³/mol. The first-order valence-corrected chi connectivity index (χ1v) is 9.57. The van der Waals surface area contributed by atoms with Gasteiger partial charge in [0, 0.05) is 27.4 Å². The van der Waals surface area contributed by atoms with Crippen LogP contribution in [-0.4, -0.2) is 31.6 Å². The molecular formula is C19H19ClN4O2S. The van der Waals surface area contributed by atoms with E-state index < -0.39 is 5.97 Å². The van der Waals surface area contributed by atoms with Gasteiger partial charge in [-0.1, -0.05) is 23.7 Å². The molecule has 0 aliphatic rings. The summed E-state index contributed by atoms with van der Waals surface area (Å²) in [6.07, 6.45) is 0.255. The number of rotatable bonds is 6. The number of hydrogen-bond donors (Lipinski definition) is 2. The lowest BCUT2D eigenvalue weighted by Gasteiger charge is -2.12. The number of carbonyl (C=O) groups is 1. The summed E-state index contributed by atoms with van der Waals surface area (Å²) in [7, 11) is 0. The summed E-state index contributed by atoms with van der Waals surface area (Å²) in [5.41, 5.74) is 2.98. The molecule has 0 spiro atoms. The van der Waals surface area contributed by atoms with E-state index >= 15 is 0 Å². The molecule has 8 heteroatoms. The zero-order valence-electron chi connectivity index (χ0n) is 15.2. The molecule has 0 amide bonds. The van der Waals surface area contributed by atoms with E-state index in [9.17, 15) is 4.79 Å². The molecule has 6 nitrogen and oxygen atoms in total. The second kappa shape index (κ2) is 7.62. The topological polar surface area (TPSA) is 91.9 Å². The van der Waals surface area contributed by atoms with Crippen molar-refractivity contribution in [3.8, 4) is 5.00 Å². The van der Waals surface area contributed by atoms with Crippen molar-refractivity contribution in [2.75, 3.05) is 0 Å². The number of nitrogens with one attached hydrogen (secondary N) is 1. The summed E-state index contributed by atoms with van der Waals surface area (Å²) < 4.78 is 1.87. The fourth-order valence-corrected chi connectivity index (χ4v) is 4.23. The highest BCUT2D eigenvalue weighted by Gasteiger charge is 2.23. The van der Waals surface area contributed by atoms with Crippen molar-refractivity contribution < 1.29 is 9.90 Å².